The van der Waals surface area contributed by atoms with Gasteiger partial charge in [-0.3, -0.25) is 0 Å². The first-order chi connectivity index (χ1) is 29.8. The monoisotopic (exact) mass is 764 g/mol. The molecule has 0 saturated heterocycles. The molecule has 282 valence electrons. The van der Waals surface area contributed by atoms with Crippen molar-refractivity contribution >= 4 is 49.6 Å². The van der Waals surface area contributed by atoms with Gasteiger partial charge in [0.15, 0.2) is 0 Å². The quantitative estimate of drug-likeness (QED) is 0.150. The van der Waals surface area contributed by atoms with Crippen molar-refractivity contribution in [3.63, 3.8) is 0 Å². The highest BCUT2D eigenvalue weighted by Gasteiger charge is 2.21. The van der Waals surface area contributed by atoms with E-state index in [1.807, 2.05) is 0 Å². The van der Waals surface area contributed by atoms with E-state index in [1.54, 1.807) is 0 Å². The molecule has 2 nitrogen and oxygen atoms in total. The Morgan fingerprint density at radius 1 is 0.283 bits per heavy atom. The van der Waals surface area contributed by atoms with Crippen LogP contribution in [-0.2, 0) is 0 Å². The van der Waals surface area contributed by atoms with Crippen LogP contribution in [0.4, 0.5) is 17.1 Å². The number of rotatable bonds is 8. The summed E-state index contributed by atoms with van der Waals surface area (Å²) in [6.45, 7) is 0. The molecule has 0 aliphatic carbocycles. The third kappa shape index (κ3) is 6.32. The molecular formula is C58H40N2. The minimum Gasteiger partial charge on any atom is -0.310 e. The van der Waals surface area contributed by atoms with Crippen LogP contribution in [0.15, 0.2) is 243 Å². The van der Waals surface area contributed by atoms with Crippen molar-refractivity contribution in [3.8, 4) is 50.2 Å². The van der Waals surface area contributed by atoms with Crippen molar-refractivity contribution < 1.29 is 0 Å². The average Bonchev–Trinajstić information content (AvgIpc) is 3.66. The van der Waals surface area contributed by atoms with Crippen LogP contribution < -0.4 is 4.90 Å². The Bertz CT molecular complexity index is 3290. The summed E-state index contributed by atoms with van der Waals surface area (Å²) in [6.07, 6.45) is 0. The lowest BCUT2D eigenvalue weighted by Crippen LogP contribution is -2.10. The molecule has 0 unspecified atom stereocenters. The molecule has 0 saturated carbocycles. The SMILES string of the molecule is c1ccc(-c2ccc(-c3cccc4c3c3cc(N(c5cccc(-c6ccccc6)c5)c5cccc(-c6cccc7ccccc67)c5)ccc3n4-c3ccccc3)cc2)cc1. The van der Waals surface area contributed by atoms with Gasteiger partial charge in [0.25, 0.3) is 0 Å². The molecule has 11 rings (SSSR count). The Balaban J connectivity index is 1.14. The second-order valence-electron chi connectivity index (χ2n) is 15.3. The van der Waals surface area contributed by atoms with Gasteiger partial charge < -0.3 is 9.47 Å². The first kappa shape index (κ1) is 35.2. The lowest BCUT2D eigenvalue weighted by Gasteiger charge is -2.27. The van der Waals surface area contributed by atoms with Crippen molar-refractivity contribution in [2.45, 2.75) is 0 Å². The van der Waals surface area contributed by atoms with Crippen LogP contribution in [0.25, 0.3) is 82.8 Å². The molecular weight excluding hydrogens is 725 g/mol. The van der Waals surface area contributed by atoms with E-state index >= 15 is 0 Å². The number of para-hydroxylation sites is 1. The van der Waals surface area contributed by atoms with Gasteiger partial charge in [-0.25, -0.2) is 0 Å². The van der Waals surface area contributed by atoms with Crippen LogP contribution >= 0.6 is 0 Å². The van der Waals surface area contributed by atoms with E-state index in [4.69, 9.17) is 0 Å². The first-order valence-electron chi connectivity index (χ1n) is 20.6. The number of hydrogen-bond donors (Lipinski definition) is 0. The molecule has 0 aliphatic rings. The van der Waals surface area contributed by atoms with Crippen LogP contribution in [-0.4, -0.2) is 4.57 Å². The molecule has 1 aromatic heterocycles. The summed E-state index contributed by atoms with van der Waals surface area (Å²) in [7, 11) is 0. The molecule has 0 atom stereocenters. The number of nitrogens with zero attached hydrogens (tertiary/aromatic N) is 2. The smallest absolute Gasteiger partial charge is 0.0547 e. The molecule has 0 N–H and O–H groups in total. The molecule has 0 spiro atoms. The minimum absolute atomic E-state index is 1.09. The van der Waals surface area contributed by atoms with Crippen LogP contribution in [0.1, 0.15) is 0 Å². The molecule has 2 heteroatoms. The van der Waals surface area contributed by atoms with Crippen LogP contribution in [0.5, 0.6) is 0 Å². The van der Waals surface area contributed by atoms with Gasteiger partial charge in [0, 0.05) is 33.5 Å². The van der Waals surface area contributed by atoms with Crippen LogP contribution in [0.2, 0.25) is 0 Å². The van der Waals surface area contributed by atoms with Gasteiger partial charge in [-0.05, 0) is 116 Å². The Morgan fingerprint density at radius 2 is 0.800 bits per heavy atom. The average molecular weight is 765 g/mol. The summed E-state index contributed by atoms with van der Waals surface area (Å²) >= 11 is 0. The lowest BCUT2D eigenvalue weighted by atomic mass is 9.96. The maximum Gasteiger partial charge on any atom is 0.0547 e. The summed E-state index contributed by atoms with van der Waals surface area (Å²) in [5.41, 5.74) is 16.3. The Labute approximate surface area is 350 Å². The zero-order valence-electron chi connectivity index (χ0n) is 33.0. The fourth-order valence-corrected chi connectivity index (χ4v) is 8.96. The maximum atomic E-state index is 2.42. The standard InChI is InChI=1S/C58H40N2/c1-4-16-41(17-5-1)43-32-34-45(35-33-43)54-30-15-31-57-58(54)55-40-51(36-37-56(55)60(57)48-24-8-3-9-25-48)59(49-26-12-22-46(38-49)42-18-6-2-7-19-42)50-27-13-23-47(39-50)53-29-14-21-44-20-10-11-28-52(44)53/h1-40H. The number of benzene rings is 10. The highest BCUT2D eigenvalue weighted by molar-refractivity contribution is 6.17. The van der Waals surface area contributed by atoms with Gasteiger partial charge in [-0.1, -0.05) is 182 Å². The van der Waals surface area contributed by atoms with E-state index in [2.05, 4.69) is 252 Å². The predicted molar refractivity (Wildman–Crippen MR) is 255 cm³/mol. The zero-order valence-corrected chi connectivity index (χ0v) is 33.0. The van der Waals surface area contributed by atoms with E-state index in [0.717, 1.165) is 28.3 Å². The van der Waals surface area contributed by atoms with Gasteiger partial charge in [0.05, 0.1) is 11.0 Å². The summed E-state index contributed by atoms with van der Waals surface area (Å²) in [5.74, 6) is 0. The highest BCUT2D eigenvalue weighted by atomic mass is 15.1. The molecule has 0 bridgehead atoms. The van der Waals surface area contributed by atoms with E-state index in [-0.39, 0.29) is 0 Å². The Morgan fingerprint density at radius 3 is 1.55 bits per heavy atom. The fourth-order valence-electron chi connectivity index (χ4n) is 8.96. The van der Waals surface area contributed by atoms with Crippen molar-refractivity contribution in [1.29, 1.82) is 0 Å². The molecule has 0 radical (unpaired) electrons. The summed E-state index contributed by atoms with van der Waals surface area (Å²) in [6, 6.07) is 87.9. The minimum atomic E-state index is 1.09. The second-order valence-corrected chi connectivity index (χ2v) is 15.3. The van der Waals surface area contributed by atoms with Gasteiger partial charge in [-0.15, -0.1) is 0 Å². The van der Waals surface area contributed by atoms with Crippen molar-refractivity contribution in [1.82, 2.24) is 4.57 Å². The summed E-state index contributed by atoms with van der Waals surface area (Å²) < 4.78 is 2.41. The number of fused-ring (bicyclic) bond motifs is 4. The van der Waals surface area contributed by atoms with E-state index in [1.165, 1.54) is 71.6 Å². The molecule has 0 aliphatic heterocycles. The van der Waals surface area contributed by atoms with Gasteiger partial charge >= 0.3 is 0 Å². The molecule has 0 fully saturated rings. The first-order valence-corrected chi connectivity index (χ1v) is 20.6. The lowest BCUT2D eigenvalue weighted by molar-refractivity contribution is 1.18. The van der Waals surface area contributed by atoms with Gasteiger partial charge in [-0.2, -0.15) is 0 Å². The van der Waals surface area contributed by atoms with Gasteiger partial charge in [0.2, 0.25) is 0 Å². The number of anilines is 3. The molecule has 1 heterocycles. The highest BCUT2D eigenvalue weighted by Crippen LogP contribution is 2.44. The van der Waals surface area contributed by atoms with E-state index in [9.17, 15) is 0 Å². The number of hydrogen-bond acceptors (Lipinski definition) is 1. The van der Waals surface area contributed by atoms with Crippen molar-refractivity contribution in [3.05, 3.63) is 243 Å². The molecule has 11 aromatic rings. The molecule has 0 amide bonds. The maximum absolute atomic E-state index is 2.42. The normalized spacial score (nSPS) is 11.3. The zero-order chi connectivity index (χ0) is 39.8. The largest absolute Gasteiger partial charge is 0.310 e. The third-order valence-corrected chi connectivity index (χ3v) is 11.8. The summed E-state index contributed by atoms with van der Waals surface area (Å²) in [4.78, 5) is 2.42. The second kappa shape index (κ2) is 15.1. The van der Waals surface area contributed by atoms with Crippen molar-refractivity contribution in [2.75, 3.05) is 4.90 Å². The van der Waals surface area contributed by atoms with Gasteiger partial charge in [0.1, 0.15) is 0 Å². The Kier molecular flexibility index (Phi) is 8.87. The van der Waals surface area contributed by atoms with Crippen LogP contribution in [0.3, 0.4) is 0 Å². The summed E-state index contributed by atoms with van der Waals surface area (Å²) in [5, 5.41) is 4.91. The predicted octanol–water partition coefficient (Wildman–Crippen LogP) is 16.1. The topological polar surface area (TPSA) is 8.17 Å². The fraction of sp³-hybridized carbons (Fsp3) is 0. The molecule has 60 heavy (non-hydrogen) atoms. The third-order valence-electron chi connectivity index (χ3n) is 11.8. The van der Waals surface area contributed by atoms with E-state index < -0.39 is 0 Å². The van der Waals surface area contributed by atoms with E-state index in [0.29, 0.717) is 0 Å². The van der Waals surface area contributed by atoms with Crippen LogP contribution in [0, 0.1) is 0 Å². The molecule has 10 aromatic carbocycles. The Hall–Kier alpha value is -7.94. The number of aromatic nitrogens is 1. The van der Waals surface area contributed by atoms with Crippen molar-refractivity contribution in [2.24, 2.45) is 0 Å².